The molecule has 1 atom stereocenters. The van der Waals surface area contributed by atoms with Gasteiger partial charge in [-0.25, -0.2) is 0 Å². The first kappa shape index (κ1) is 20.4. The van der Waals surface area contributed by atoms with Gasteiger partial charge >= 0.3 is 7.60 Å². The SMILES string of the molecule is C=CC(C)(C)C(C#N)(C#N)[C@@H](c1ccc(Cl)cc1)P(=O)(OC)OC. The molecule has 0 bridgehead atoms. The fraction of sp³-hybridized carbons (Fsp3) is 0.412. The Bertz CT molecular complexity index is 710. The Morgan fingerprint density at radius 3 is 2.00 bits per heavy atom. The van der Waals surface area contributed by atoms with Crippen molar-refractivity contribution in [3.8, 4) is 12.1 Å². The van der Waals surface area contributed by atoms with Crippen molar-refractivity contribution in [2.45, 2.75) is 19.5 Å². The largest absolute Gasteiger partial charge is 0.340 e. The molecule has 0 amide bonds. The Hall–Kier alpha value is -1.62. The minimum absolute atomic E-state index is 0.462. The monoisotopic (exact) mass is 366 g/mol. The van der Waals surface area contributed by atoms with E-state index in [9.17, 15) is 15.1 Å². The minimum Gasteiger partial charge on any atom is -0.311 e. The normalized spacial score (nSPS) is 13.6. The molecule has 0 spiro atoms. The molecule has 0 heterocycles. The fourth-order valence-corrected chi connectivity index (χ4v) is 4.71. The highest BCUT2D eigenvalue weighted by Crippen LogP contribution is 2.69. The molecule has 0 N–H and O–H groups in total. The van der Waals surface area contributed by atoms with Crippen LogP contribution in [0.3, 0.4) is 0 Å². The van der Waals surface area contributed by atoms with Gasteiger partial charge in [0, 0.05) is 24.7 Å². The molecule has 0 aliphatic heterocycles. The predicted octanol–water partition coefficient (Wildman–Crippen LogP) is 5.11. The van der Waals surface area contributed by atoms with Crippen LogP contribution in [-0.4, -0.2) is 14.2 Å². The maximum atomic E-state index is 13.2. The van der Waals surface area contributed by atoms with Crippen molar-refractivity contribution >= 4 is 19.2 Å². The fourth-order valence-electron chi connectivity index (χ4n) is 2.55. The molecule has 128 valence electrons. The lowest BCUT2D eigenvalue weighted by Gasteiger charge is -2.41. The maximum absolute atomic E-state index is 13.2. The standard InChI is InChI=1S/C17H20ClN2O3P/c1-6-16(2,3)17(11-19,12-20)15(24(21,22-4)23-5)13-7-9-14(18)10-8-13/h6-10,15H,1H2,2-5H3/t15-/m1/s1. The second-order valence-electron chi connectivity index (χ2n) is 5.82. The second kappa shape index (κ2) is 7.51. The first-order valence-electron chi connectivity index (χ1n) is 7.10. The molecule has 0 fully saturated rings. The topological polar surface area (TPSA) is 83.1 Å². The predicted molar refractivity (Wildman–Crippen MR) is 93.5 cm³/mol. The second-order valence-corrected chi connectivity index (χ2v) is 8.58. The van der Waals surface area contributed by atoms with Gasteiger partial charge in [-0.3, -0.25) is 4.57 Å². The van der Waals surface area contributed by atoms with E-state index in [4.69, 9.17) is 20.6 Å². The number of nitrogens with zero attached hydrogens (tertiary/aromatic N) is 2. The summed E-state index contributed by atoms with van der Waals surface area (Å²) in [5.74, 6) is 0. The number of rotatable bonds is 7. The highest BCUT2D eigenvalue weighted by atomic mass is 35.5. The van der Waals surface area contributed by atoms with Crippen LogP contribution in [0, 0.1) is 33.5 Å². The van der Waals surface area contributed by atoms with Gasteiger partial charge < -0.3 is 9.05 Å². The molecule has 0 aliphatic carbocycles. The summed E-state index contributed by atoms with van der Waals surface area (Å²) in [5.41, 5.74) is -3.40. The van der Waals surface area contributed by atoms with Gasteiger partial charge in [-0.2, -0.15) is 10.5 Å². The summed E-state index contributed by atoms with van der Waals surface area (Å²) in [6.07, 6.45) is 1.50. The zero-order valence-corrected chi connectivity index (χ0v) is 15.8. The first-order valence-corrected chi connectivity index (χ1v) is 9.09. The molecule has 0 aromatic heterocycles. The zero-order chi connectivity index (χ0) is 18.6. The summed E-state index contributed by atoms with van der Waals surface area (Å²) < 4.78 is 23.5. The molecular formula is C17H20ClN2O3P. The van der Waals surface area contributed by atoms with Crippen molar-refractivity contribution in [3.63, 3.8) is 0 Å². The van der Waals surface area contributed by atoms with E-state index >= 15 is 0 Å². The molecule has 0 unspecified atom stereocenters. The van der Waals surface area contributed by atoms with Crippen molar-refractivity contribution in [2.24, 2.45) is 10.8 Å². The Morgan fingerprint density at radius 2 is 1.67 bits per heavy atom. The molecule has 0 radical (unpaired) electrons. The number of benzene rings is 1. The van der Waals surface area contributed by atoms with Crippen LogP contribution < -0.4 is 0 Å². The van der Waals surface area contributed by atoms with Gasteiger partial charge in [-0.1, -0.05) is 43.7 Å². The average molecular weight is 367 g/mol. The lowest BCUT2D eigenvalue weighted by Crippen LogP contribution is -2.40. The van der Waals surface area contributed by atoms with Gasteiger partial charge in [0.1, 0.15) is 5.66 Å². The zero-order valence-electron chi connectivity index (χ0n) is 14.1. The summed E-state index contributed by atoms with van der Waals surface area (Å²) in [4.78, 5) is 0. The Kier molecular flexibility index (Phi) is 6.39. The minimum atomic E-state index is -3.83. The van der Waals surface area contributed by atoms with Gasteiger partial charge in [-0.15, -0.1) is 6.58 Å². The van der Waals surface area contributed by atoms with E-state index in [1.165, 1.54) is 20.3 Å². The van der Waals surface area contributed by atoms with Crippen molar-refractivity contribution in [1.82, 2.24) is 0 Å². The van der Waals surface area contributed by atoms with Crippen LogP contribution in [-0.2, 0) is 13.6 Å². The van der Waals surface area contributed by atoms with E-state index in [0.29, 0.717) is 10.6 Å². The van der Waals surface area contributed by atoms with Crippen LogP contribution in [0.15, 0.2) is 36.9 Å². The van der Waals surface area contributed by atoms with Gasteiger partial charge in [0.15, 0.2) is 5.41 Å². The highest BCUT2D eigenvalue weighted by molar-refractivity contribution is 7.54. The van der Waals surface area contributed by atoms with Crippen molar-refractivity contribution in [1.29, 1.82) is 10.5 Å². The molecule has 7 heteroatoms. The van der Waals surface area contributed by atoms with Crippen LogP contribution in [0.2, 0.25) is 5.02 Å². The lowest BCUT2D eigenvalue weighted by atomic mass is 9.64. The van der Waals surface area contributed by atoms with E-state index in [1.807, 2.05) is 12.1 Å². The Labute approximate surface area is 148 Å². The van der Waals surface area contributed by atoms with Crippen LogP contribution in [0.25, 0.3) is 0 Å². The number of halogens is 1. The molecule has 0 aliphatic rings. The summed E-state index contributed by atoms with van der Waals surface area (Å²) in [6, 6.07) is 10.5. The van der Waals surface area contributed by atoms with Crippen LogP contribution in [0.4, 0.5) is 0 Å². The van der Waals surface area contributed by atoms with E-state index in [-0.39, 0.29) is 0 Å². The average Bonchev–Trinajstić information content (AvgIpc) is 2.60. The quantitative estimate of drug-likeness (QED) is 0.494. The Morgan fingerprint density at radius 1 is 1.21 bits per heavy atom. The third-order valence-corrected chi connectivity index (χ3v) is 6.89. The lowest BCUT2D eigenvalue weighted by molar-refractivity contribution is 0.201. The molecular weight excluding hydrogens is 347 g/mol. The molecule has 0 saturated carbocycles. The summed E-state index contributed by atoms with van der Waals surface area (Å²) >= 11 is 5.92. The first-order chi connectivity index (χ1) is 11.2. The van der Waals surface area contributed by atoms with Crippen LogP contribution >= 0.6 is 19.2 Å². The van der Waals surface area contributed by atoms with Crippen LogP contribution in [0.5, 0.6) is 0 Å². The number of nitriles is 2. The van der Waals surface area contributed by atoms with Gasteiger partial charge in [-0.05, 0) is 17.7 Å². The molecule has 5 nitrogen and oxygen atoms in total. The summed E-state index contributed by atoms with van der Waals surface area (Å²) in [6.45, 7) is 7.09. The highest BCUT2D eigenvalue weighted by Gasteiger charge is 2.59. The van der Waals surface area contributed by atoms with E-state index in [1.54, 1.807) is 38.1 Å². The third-order valence-electron chi connectivity index (χ3n) is 4.30. The molecule has 1 aromatic carbocycles. The molecule has 1 aromatic rings. The van der Waals surface area contributed by atoms with Crippen molar-refractivity contribution < 1.29 is 13.6 Å². The van der Waals surface area contributed by atoms with E-state index < -0.39 is 24.1 Å². The van der Waals surface area contributed by atoms with Crippen molar-refractivity contribution in [3.05, 3.63) is 47.5 Å². The summed E-state index contributed by atoms with van der Waals surface area (Å²) in [5, 5.41) is 20.3. The van der Waals surface area contributed by atoms with Gasteiger partial charge in [0.2, 0.25) is 0 Å². The number of hydrogen-bond acceptors (Lipinski definition) is 5. The third kappa shape index (κ3) is 3.27. The van der Waals surface area contributed by atoms with E-state index in [0.717, 1.165) is 0 Å². The Balaban J connectivity index is 3.85. The summed E-state index contributed by atoms with van der Waals surface area (Å²) in [7, 11) is -1.37. The number of allylic oxidation sites excluding steroid dienone is 1. The van der Waals surface area contributed by atoms with Gasteiger partial charge in [0.25, 0.3) is 0 Å². The number of hydrogen-bond donors (Lipinski definition) is 0. The maximum Gasteiger partial charge on any atom is 0.340 e. The smallest absolute Gasteiger partial charge is 0.311 e. The van der Waals surface area contributed by atoms with E-state index in [2.05, 4.69) is 6.58 Å². The van der Waals surface area contributed by atoms with Gasteiger partial charge in [0.05, 0.1) is 12.1 Å². The van der Waals surface area contributed by atoms with Crippen LogP contribution in [0.1, 0.15) is 25.1 Å². The molecule has 1 rings (SSSR count). The molecule has 0 saturated heterocycles. The van der Waals surface area contributed by atoms with Crippen molar-refractivity contribution in [2.75, 3.05) is 14.2 Å². The molecule has 24 heavy (non-hydrogen) atoms.